The normalized spacial score (nSPS) is 22.7. The molecule has 0 saturated carbocycles. The highest BCUT2D eigenvalue weighted by Gasteiger charge is 2.42. The molecule has 0 bridgehead atoms. The number of benzene rings is 1. The van der Waals surface area contributed by atoms with Gasteiger partial charge >= 0.3 is 5.69 Å². The SMILES string of the molecule is O=C(COc1ccccc1)C(O)[C@H]1O[C@@H](n2cc(/C=C/Br)c(=O)[nH]c2=O)C[C@@H]1O. The lowest BCUT2D eigenvalue weighted by Crippen LogP contribution is -2.42. The van der Waals surface area contributed by atoms with Gasteiger partial charge in [0.1, 0.15) is 30.8 Å². The standard InChI is InChI=1S/C19H19BrN2O7/c20-7-6-11-9-22(19(27)21-18(11)26)15-8-13(23)17(29-15)16(25)14(24)10-28-12-4-2-1-3-5-12/h1-7,9,13,15-17,23,25H,8,10H2,(H,21,26,27)/b7-6+/t13-,15+,16?,17-/m0/s1. The first kappa shape index (κ1) is 21.2. The fourth-order valence-electron chi connectivity index (χ4n) is 2.97. The summed E-state index contributed by atoms with van der Waals surface area (Å²) in [6.45, 7) is -0.402. The van der Waals surface area contributed by atoms with E-state index < -0.39 is 48.2 Å². The van der Waals surface area contributed by atoms with Gasteiger partial charge in [0, 0.05) is 12.6 Å². The second kappa shape index (κ2) is 9.31. The van der Waals surface area contributed by atoms with Crippen LogP contribution >= 0.6 is 15.9 Å². The maximum Gasteiger partial charge on any atom is 0.330 e. The summed E-state index contributed by atoms with van der Waals surface area (Å²) in [5.41, 5.74) is -1.12. The Morgan fingerprint density at radius 2 is 2.10 bits per heavy atom. The Bertz CT molecular complexity index is 1000. The lowest BCUT2D eigenvalue weighted by Gasteiger charge is -2.20. The average Bonchev–Trinajstić information content (AvgIpc) is 3.09. The van der Waals surface area contributed by atoms with E-state index >= 15 is 0 Å². The van der Waals surface area contributed by atoms with Gasteiger partial charge in [-0.25, -0.2) is 4.79 Å². The summed E-state index contributed by atoms with van der Waals surface area (Å²) in [4.78, 5) is 39.8. The van der Waals surface area contributed by atoms with Crippen molar-refractivity contribution in [2.75, 3.05) is 6.61 Å². The van der Waals surface area contributed by atoms with E-state index in [1.165, 1.54) is 17.3 Å². The Hall–Kier alpha value is -2.53. The van der Waals surface area contributed by atoms with E-state index in [1.54, 1.807) is 30.3 Å². The average molecular weight is 467 g/mol. The van der Waals surface area contributed by atoms with E-state index in [4.69, 9.17) is 9.47 Å². The highest BCUT2D eigenvalue weighted by atomic mass is 79.9. The maximum atomic E-state index is 12.2. The summed E-state index contributed by atoms with van der Waals surface area (Å²) in [6, 6.07) is 8.61. The first-order valence-electron chi connectivity index (χ1n) is 8.75. The molecule has 1 aliphatic heterocycles. The van der Waals surface area contributed by atoms with Crippen LogP contribution in [-0.2, 0) is 9.53 Å². The molecular formula is C19H19BrN2O7. The fourth-order valence-corrected chi connectivity index (χ4v) is 3.26. The zero-order valence-corrected chi connectivity index (χ0v) is 16.7. The van der Waals surface area contributed by atoms with Gasteiger partial charge in [-0.3, -0.25) is 19.1 Å². The number of ketones is 1. The Labute approximate surface area is 173 Å². The van der Waals surface area contributed by atoms with Crippen LogP contribution in [0.25, 0.3) is 6.08 Å². The van der Waals surface area contributed by atoms with Crippen molar-refractivity contribution in [3.05, 3.63) is 67.9 Å². The van der Waals surface area contributed by atoms with Gasteiger partial charge in [0.15, 0.2) is 0 Å². The van der Waals surface area contributed by atoms with Crippen molar-refractivity contribution in [2.24, 2.45) is 0 Å². The summed E-state index contributed by atoms with van der Waals surface area (Å²) in [6.07, 6.45) is -2.34. The molecule has 1 unspecified atom stereocenters. The number of rotatable bonds is 7. The number of carbonyl (C=O) groups is 1. The van der Waals surface area contributed by atoms with Crippen LogP contribution in [0.3, 0.4) is 0 Å². The third-order valence-corrected chi connectivity index (χ3v) is 4.71. The number of halogens is 1. The van der Waals surface area contributed by atoms with Crippen LogP contribution in [0.1, 0.15) is 18.2 Å². The summed E-state index contributed by atoms with van der Waals surface area (Å²) in [7, 11) is 0. The highest BCUT2D eigenvalue weighted by Crippen LogP contribution is 2.30. The molecule has 1 aliphatic rings. The van der Waals surface area contributed by atoms with Crippen LogP contribution in [0.15, 0.2) is 51.1 Å². The monoisotopic (exact) mass is 466 g/mol. The second-order valence-electron chi connectivity index (χ2n) is 6.41. The number of hydrogen-bond acceptors (Lipinski definition) is 7. The first-order chi connectivity index (χ1) is 13.9. The van der Waals surface area contributed by atoms with E-state index in [0.717, 1.165) is 4.57 Å². The number of aromatic nitrogens is 2. The maximum absolute atomic E-state index is 12.2. The molecule has 0 radical (unpaired) electrons. The Morgan fingerprint density at radius 1 is 1.38 bits per heavy atom. The number of Topliss-reactive ketones (excluding diaryl/α,β-unsaturated/α-hetero) is 1. The van der Waals surface area contributed by atoms with Crippen LogP contribution in [0.5, 0.6) is 5.75 Å². The van der Waals surface area contributed by atoms with Crippen molar-refractivity contribution >= 4 is 27.8 Å². The molecule has 10 heteroatoms. The van der Waals surface area contributed by atoms with Gasteiger partial charge < -0.3 is 19.7 Å². The van der Waals surface area contributed by atoms with Gasteiger partial charge in [0.05, 0.1) is 11.7 Å². The molecule has 1 fully saturated rings. The molecule has 1 aromatic carbocycles. The van der Waals surface area contributed by atoms with Crippen LogP contribution in [0.4, 0.5) is 0 Å². The summed E-state index contributed by atoms with van der Waals surface area (Å²) >= 11 is 3.06. The summed E-state index contributed by atoms with van der Waals surface area (Å²) in [5, 5.41) is 20.6. The predicted molar refractivity (Wildman–Crippen MR) is 107 cm³/mol. The van der Waals surface area contributed by atoms with Crippen LogP contribution < -0.4 is 16.0 Å². The van der Waals surface area contributed by atoms with Crippen molar-refractivity contribution in [2.45, 2.75) is 31.0 Å². The summed E-state index contributed by atoms with van der Waals surface area (Å²) < 4.78 is 12.0. The third kappa shape index (κ3) is 4.91. The number of ether oxygens (including phenoxy) is 2. The number of para-hydroxylation sites is 1. The topological polar surface area (TPSA) is 131 Å². The Balaban J connectivity index is 1.70. The first-order valence-corrected chi connectivity index (χ1v) is 9.66. The predicted octanol–water partition coefficient (Wildman–Crippen LogP) is 0.560. The molecule has 9 nitrogen and oxygen atoms in total. The van der Waals surface area contributed by atoms with Gasteiger partial charge in [-0.05, 0) is 23.2 Å². The summed E-state index contributed by atoms with van der Waals surface area (Å²) in [5.74, 6) is -0.207. The molecule has 29 heavy (non-hydrogen) atoms. The van der Waals surface area contributed by atoms with Crippen molar-refractivity contribution in [1.29, 1.82) is 0 Å². The minimum Gasteiger partial charge on any atom is -0.486 e. The second-order valence-corrected chi connectivity index (χ2v) is 6.94. The molecule has 0 spiro atoms. The molecule has 154 valence electrons. The van der Waals surface area contributed by atoms with Gasteiger partial charge in [0.2, 0.25) is 5.78 Å². The number of nitrogens with one attached hydrogen (secondary N) is 1. The van der Waals surface area contributed by atoms with Gasteiger partial charge in [0.25, 0.3) is 5.56 Å². The molecule has 1 saturated heterocycles. The van der Waals surface area contributed by atoms with Crippen molar-refractivity contribution in [3.63, 3.8) is 0 Å². The number of hydrogen-bond donors (Lipinski definition) is 3. The van der Waals surface area contributed by atoms with Gasteiger partial charge in [-0.2, -0.15) is 0 Å². The van der Waals surface area contributed by atoms with Gasteiger partial charge in [-0.15, -0.1) is 0 Å². The number of H-pyrrole nitrogens is 1. The number of aliphatic hydroxyl groups excluding tert-OH is 2. The third-order valence-electron chi connectivity index (χ3n) is 4.45. The van der Waals surface area contributed by atoms with E-state index in [2.05, 4.69) is 20.9 Å². The molecule has 3 rings (SSSR count). The molecule has 2 aromatic rings. The van der Waals surface area contributed by atoms with E-state index in [1.807, 2.05) is 0 Å². The van der Waals surface area contributed by atoms with E-state index in [0.29, 0.717) is 5.75 Å². The molecule has 4 atom stereocenters. The van der Waals surface area contributed by atoms with E-state index in [9.17, 15) is 24.6 Å². The molecule has 3 N–H and O–H groups in total. The zero-order valence-electron chi connectivity index (χ0n) is 15.1. The van der Waals surface area contributed by atoms with Crippen molar-refractivity contribution in [1.82, 2.24) is 9.55 Å². The van der Waals surface area contributed by atoms with Crippen LogP contribution in [-0.4, -0.2) is 50.5 Å². The van der Waals surface area contributed by atoms with Crippen LogP contribution in [0, 0.1) is 0 Å². The Kier molecular flexibility index (Phi) is 6.80. The molecule has 0 aliphatic carbocycles. The molecule has 2 heterocycles. The minimum absolute atomic E-state index is 0.0437. The van der Waals surface area contributed by atoms with Crippen molar-refractivity contribution in [3.8, 4) is 5.75 Å². The van der Waals surface area contributed by atoms with Crippen LogP contribution in [0.2, 0.25) is 0 Å². The number of nitrogens with zero attached hydrogens (tertiary/aromatic N) is 1. The molecular weight excluding hydrogens is 448 g/mol. The molecule has 1 aromatic heterocycles. The highest BCUT2D eigenvalue weighted by molar-refractivity contribution is 9.11. The fraction of sp³-hybridized carbons (Fsp3) is 0.316. The largest absolute Gasteiger partial charge is 0.486 e. The number of aromatic amines is 1. The number of aliphatic hydroxyl groups is 2. The molecule has 0 amide bonds. The Morgan fingerprint density at radius 3 is 2.79 bits per heavy atom. The lowest BCUT2D eigenvalue weighted by molar-refractivity contribution is -0.143. The smallest absolute Gasteiger partial charge is 0.330 e. The van der Waals surface area contributed by atoms with E-state index in [-0.39, 0.29) is 12.0 Å². The number of carbonyl (C=O) groups excluding carboxylic acids is 1. The lowest BCUT2D eigenvalue weighted by atomic mass is 10.0. The minimum atomic E-state index is -1.64. The quantitative estimate of drug-likeness (QED) is 0.543. The zero-order chi connectivity index (χ0) is 21.0. The van der Waals surface area contributed by atoms with Crippen molar-refractivity contribution < 1.29 is 24.5 Å². The van der Waals surface area contributed by atoms with Gasteiger partial charge in [-0.1, -0.05) is 34.1 Å².